The van der Waals surface area contributed by atoms with Crippen molar-refractivity contribution in [2.24, 2.45) is 0 Å². The van der Waals surface area contributed by atoms with Crippen LogP contribution in [0, 0.1) is 0 Å². The van der Waals surface area contributed by atoms with Crippen molar-refractivity contribution < 1.29 is 4.79 Å². The molecular formula is C21H30N2O. The van der Waals surface area contributed by atoms with E-state index in [2.05, 4.69) is 22.3 Å². The lowest BCUT2D eigenvalue weighted by Gasteiger charge is -2.26. The number of hydrogen-bond acceptors (Lipinski definition) is 2. The van der Waals surface area contributed by atoms with E-state index in [1.807, 2.05) is 18.2 Å². The maximum Gasteiger partial charge on any atom is 0.248 e. The zero-order valence-corrected chi connectivity index (χ0v) is 14.7. The van der Waals surface area contributed by atoms with Crippen molar-refractivity contribution in [1.29, 1.82) is 0 Å². The lowest BCUT2D eigenvalue weighted by atomic mass is 9.94. The number of piperidine rings is 1. The number of carbonyl (C=O) groups excluding carboxylic acids is 1. The zero-order valence-electron chi connectivity index (χ0n) is 14.7. The van der Waals surface area contributed by atoms with Crippen LogP contribution in [0.25, 0.3) is 0 Å². The topological polar surface area (TPSA) is 32.3 Å². The average Bonchev–Trinajstić information content (AvgIpc) is 2.63. The highest BCUT2D eigenvalue weighted by Gasteiger charge is 2.10. The summed E-state index contributed by atoms with van der Waals surface area (Å²) < 4.78 is 0. The minimum atomic E-state index is 0.0213. The van der Waals surface area contributed by atoms with Gasteiger partial charge in [0.25, 0.3) is 0 Å². The van der Waals surface area contributed by atoms with E-state index in [0.717, 1.165) is 31.5 Å². The second-order valence-corrected chi connectivity index (χ2v) is 7.20. The van der Waals surface area contributed by atoms with E-state index in [1.54, 1.807) is 0 Å². The van der Waals surface area contributed by atoms with Crippen LogP contribution < -0.4 is 5.32 Å². The van der Waals surface area contributed by atoms with Gasteiger partial charge in [-0.3, -0.25) is 4.79 Å². The van der Waals surface area contributed by atoms with Crippen LogP contribution in [0.1, 0.15) is 56.9 Å². The number of likely N-dealkylation sites (tertiary alicyclic amines) is 1. The Morgan fingerprint density at radius 1 is 0.958 bits per heavy atom. The van der Waals surface area contributed by atoms with E-state index in [-0.39, 0.29) is 5.91 Å². The lowest BCUT2D eigenvalue weighted by molar-refractivity contribution is -0.112. The van der Waals surface area contributed by atoms with Gasteiger partial charge in [-0.1, -0.05) is 30.5 Å². The van der Waals surface area contributed by atoms with Crippen molar-refractivity contribution in [3.05, 3.63) is 41.5 Å². The molecule has 1 aliphatic heterocycles. The summed E-state index contributed by atoms with van der Waals surface area (Å²) in [5.41, 5.74) is 3.55. The summed E-state index contributed by atoms with van der Waals surface area (Å²) in [6.07, 6.45) is 12.9. The van der Waals surface area contributed by atoms with Crippen LogP contribution in [-0.2, 0) is 11.2 Å². The summed E-state index contributed by atoms with van der Waals surface area (Å²) in [5.74, 6) is 0.0213. The first-order chi connectivity index (χ1) is 11.8. The Morgan fingerprint density at radius 2 is 1.62 bits per heavy atom. The molecule has 0 spiro atoms. The van der Waals surface area contributed by atoms with Crippen molar-refractivity contribution in [3.8, 4) is 0 Å². The highest BCUT2D eigenvalue weighted by atomic mass is 16.1. The number of carbonyl (C=O) groups is 1. The third kappa shape index (κ3) is 5.48. The van der Waals surface area contributed by atoms with E-state index >= 15 is 0 Å². The molecule has 0 aromatic heterocycles. The molecule has 1 aromatic rings. The molecular weight excluding hydrogens is 296 g/mol. The Kier molecular flexibility index (Phi) is 6.48. The molecule has 130 valence electrons. The van der Waals surface area contributed by atoms with Gasteiger partial charge >= 0.3 is 0 Å². The lowest BCUT2D eigenvalue weighted by Crippen LogP contribution is -2.31. The van der Waals surface area contributed by atoms with Crippen molar-refractivity contribution in [3.63, 3.8) is 0 Å². The Balaban J connectivity index is 1.46. The van der Waals surface area contributed by atoms with Gasteiger partial charge < -0.3 is 10.2 Å². The Morgan fingerprint density at radius 3 is 2.33 bits per heavy atom. The van der Waals surface area contributed by atoms with E-state index in [9.17, 15) is 4.79 Å². The maximum atomic E-state index is 12.1. The third-order valence-electron chi connectivity index (χ3n) is 5.22. The maximum absolute atomic E-state index is 12.1. The van der Waals surface area contributed by atoms with Crippen molar-refractivity contribution >= 4 is 11.6 Å². The number of hydrogen-bond donors (Lipinski definition) is 1. The highest BCUT2D eigenvalue weighted by molar-refractivity contribution is 5.99. The molecule has 1 amide bonds. The first kappa shape index (κ1) is 17.2. The molecule has 1 aromatic carbocycles. The molecule has 1 heterocycles. The fourth-order valence-corrected chi connectivity index (χ4v) is 3.74. The van der Waals surface area contributed by atoms with Crippen LogP contribution in [0.2, 0.25) is 0 Å². The molecule has 3 rings (SSSR count). The van der Waals surface area contributed by atoms with E-state index in [4.69, 9.17) is 0 Å². The van der Waals surface area contributed by atoms with Crippen LogP contribution in [-0.4, -0.2) is 30.4 Å². The van der Waals surface area contributed by atoms with Crippen LogP contribution in [0.3, 0.4) is 0 Å². The average molecular weight is 326 g/mol. The van der Waals surface area contributed by atoms with Gasteiger partial charge in [-0.25, -0.2) is 0 Å². The Hall–Kier alpha value is -1.61. The summed E-state index contributed by atoms with van der Waals surface area (Å²) in [6.45, 7) is 3.66. The number of nitrogens with zero attached hydrogens (tertiary/aromatic N) is 1. The van der Waals surface area contributed by atoms with Gasteiger partial charge in [0.05, 0.1) is 0 Å². The monoisotopic (exact) mass is 326 g/mol. The van der Waals surface area contributed by atoms with Gasteiger partial charge in [-0.15, -0.1) is 0 Å². The summed E-state index contributed by atoms with van der Waals surface area (Å²) in [4.78, 5) is 14.7. The zero-order chi connectivity index (χ0) is 16.6. The predicted octanol–water partition coefficient (Wildman–Crippen LogP) is 4.54. The van der Waals surface area contributed by atoms with Crippen molar-refractivity contribution in [2.75, 3.05) is 25.0 Å². The minimum Gasteiger partial charge on any atom is -0.323 e. The number of allylic oxidation sites excluding steroid dienone is 1. The second-order valence-electron chi connectivity index (χ2n) is 7.20. The molecule has 0 bridgehead atoms. The standard InChI is InChI=1S/C21H30N2O/c24-21(17-19-7-3-1-4-8-19)22-20-11-9-18(10-12-20)13-16-23-14-5-2-6-15-23/h9-12,17H,1-8,13-16H2,(H,22,24). The van der Waals surface area contributed by atoms with E-state index in [0.29, 0.717) is 0 Å². The summed E-state index contributed by atoms with van der Waals surface area (Å²) in [6, 6.07) is 8.35. The van der Waals surface area contributed by atoms with Crippen LogP contribution in [0.4, 0.5) is 5.69 Å². The fourth-order valence-electron chi connectivity index (χ4n) is 3.74. The summed E-state index contributed by atoms with van der Waals surface area (Å²) in [5, 5.41) is 3.00. The largest absolute Gasteiger partial charge is 0.323 e. The Bertz CT molecular complexity index is 548. The number of benzene rings is 1. The first-order valence-electron chi connectivity index (χ1n) is 9.61. The number of amides is 1. The predicted molar refractivity (Wildman–Crippen MR) is 100 cm³/mol. The smallest absolute Gasteiger partial charge is 0.248 e. The number of nitrogens with one attached hydrogen (secondary N) is 1. The molecule has 1 saturated carbocycles. The third-order valence-corrected chi connectivity index (χ3v) is 5.22. The molecule has 3 heteroatoms. The summed E-state index contributed by atoms with van der Waals surface area (Å²) in [7, 11) is 0. The molecule has 1 N–H and O–H groups in total. The molecule has 1 aliphatic carbocycles. The molecule has 2 aliphatic rings. The Labute approximate surface area is 146 Å². The minimum absolute atomic E-state index is 0.0213. The molecule has 0 radical (unpaired) electrons. The van der Waals surface area contributed by atoms with Crippen molar-refractivity contribution in [1.82, 2.24) is 4.90 Å². The molecule has 1 saturated heterocycles. The fraction of sp³-hybridized carbons (Fsp3) is 0.571. The summed E-state index contributed by atoms with van der Waals surface area (Å²) >= 11 is 0. The van der Waals surface area contributed by atoms with Gasteiger partial charge in [-0.2, -0.15) is 0 Å². The quantitative estimate of drug-likeness (QED) is 0.805. The van der Waals surface area contributed by atoms with Gasteiger partial charge in [0.15, 0.2) is 0 Å². The second kappa shape index (κ2) is 9.03. The molecule has 0 atom stereocenters. The molecule has 3 nitrogen and oxygen atoms in total. The first-order valence-corrected chi connectivity index (χ1v) is 9.61. The molecule has 24 heavy (non-hydrogen) atoms. The van der Waals surface area contributed by atoms with Gasteiger partial charge in [0.2, 0.25) is 5.91 Å². The van der Waals surface area contributed by atoms with Gasteiger partial charge in [0.1, 0.15) is 0 Å². The van der Waals surface area contributed by atoms with Crippen LogP contribution >= 0.6 is 0 Å². The number of anilines is 1. The van der Waals surface area contributed by atoms with Crippen LogP contribution in [0.5, 0.6) is 0 Å². The van der Waals surface area contributed by atoms with Gasteiger partial charge in [-0.05, 0) is 75.7 Å². The normalized spacial score (nSPS) is 19.1. The molecule has 0 unspecified atom stereocenters. The van der Waals surface area contributed by atoms with E-state index < -0.39 is 0 Å². The molecule has 2 fully saturated rings. The van der Waals surface area contributed by atoms with Crippen molar-refractivity contribution in [2.45, 2.75) is 57.8 Å². The van der Waals surface area contributed by atoms with Crippen LogP contribution in [0.15, 0.2) is 35.9 Å². The van der Waals surface area contributed by atoms with E-state index in [1.165, 1.54) is 62.8 Å². The van der Waals surface area contributed by atoms with Gasteiger partial charge in [0, 0.05) is 18.3 Å². The highest BCUT2D eigenvalue weighted by Crippen LogP contribution is 2.22. The number of rotatable bonds is 5. The SMILES string of the molecule is O=C(C=C1CCCCC1)Nc1ccc(CCN2CCCCC2)cc1.